The first-order valence-corrected chi connectivity index (χ1v) is 11.3. The first-order valence-electron chi connectivity index (χ1n) is 10.3. The van der Waals surface area contributed by atoms with Crippen LogP contribution in [0, 0.1) is 0 Å². The van der Waals surface area contributed by atoms with Crippen molar-refractivity contribution >= 4 is 23.5 Å². The fourth-order valence-corrected chi connectivity index (χ4v) is 4.36. The van der Waals surface area contributed by atoms with Crippen molar-refractivity contribution in [3.63, 3.8) is 0 Å². The summed E-state index contributed by atoms with van der Waals surface area (Å²) in [6.07, 6.45) is 7.39. The molecular weight excluding hydrogens is 388 g/mol. The van der Waals surface area contributed by atoms with Gasteiger partial charge in [-0.15, -0.1) is 11.8 Å². The van der Waals surface area contributed by atoms with Gasteiger partial charge in [-0.25, -0.2) is 4.79 Å². The van der Waals surface area contributed by atoms with Crippen LogP contribution in [0.25, 0.3) is 0 Å². The normalized spacial score (nSPS) is 21.5. The Morgan fingerprint density at radius 2 is 2.07 bits per heavy atom. The molecule has 1 heterocycles. The maximum absolute atomic E-state index is 12.2. The maximum Gasteiger partial charge on any atom is 0.179 e. The molecule has 1 fully saturated rings. The average Bonchev–Trinajstić information content (AvgIpc) is 3.10. The number of allylic oxidation sites excluding steroid dienone is 2. The summed E-state index contributed by atoms with van der Waals surface area (Å²) in [7, 11) is 0. The standard InChI is InChI=1S/C23H28O5S/c24-16-19(27-17-18-8-2-1-3-9-18)10-5-7-13-29-22-15-20(14-21(22)25)28-23-11-4-6-12-26-23/h1-3,8-9,15,20,23H,4-7,10-14,17H2. The molecule has 1 aromatic carbocycles. The number of carbonyl (C=O) groups excluding carboxylic acids is 2. The van der Waals surface area contributed by atoms with Crippen molar-refractivity contribution in [3.8, 4) is 0 Å². The molecule has 1 aliphatic heterocycles. The van der Waals surface area contributed by atoms with Gasteiger partial charge in [0.1, 0.15) is 6.61 Å². The number of hydrogen-bond donors (Lipinski definition) is 0. The van der Waals surface area contributed by atoms with E-state index in [2.05, 4.69) is 0 Å². The smallest absolute Gasteiger partial charge is 0.179 e. The first kappa shape index (κ1) is 21.8. The molecule has 0 spiro atoms. The lowest BCUT2D eigenvalue weighted by Crippen LogP contribution is -2.26. The summed E-state index contributed by atoms with van der Waals surface area (Å²) in [5.41, 5.74) is 1.03. The van der Waals surface area contributed by atoms with Crippen LogP contribution in [0.5, 0.6) is 0 Å². The van der Waals surface area contributed by atoms with Crippen LogP contribution in [-0.4, -0.2) is 36.5 Å². The Kier molecular flexibility index (Phi) is 9.03. The third kappa shape index (κ3) is 7.48. The van der Waals surface area contributed by atoms with E-state index < -0.39 is 0 Å². The Labute approximate surface area is 176 Å². The van der Waals surface area contributed by atoms with Crippen LogP contribution in [0.2, 0.25) is 0 Å². The molecule has 1 aliphatic carbocycles. The minimum Gasteiger partial charge on any atom is -0.482 e. The lowest BCUT2D eigenvalue weighted by molar-refractivity contribution is -0.178. The van der Waals surface area contributed by atoms with Gasteiger partial charge in [-0.1, -0.05) is 30.3 Å². The molecule has 2 unspecified atom stereocenters. The monoisotopic (exact) mass is 416 g/mol. The highest BCUT2D eigenvalue weighted by Crippen LogP contribution is 2.30. The van der Waals surface area contributed by atoms with E-state index in [9.17, 15) is 9.59 Å². The summed E-state index contributed by atoms with van der Waals surface area (Å²) in [6.45, 7) is 1.12. The van der Waals surface area contributed by atoms with Gasteiger partial charge in [-0.2, -0.15) is 0 Å². The molecule has 0 radical (unpaired) electrons. The number of ketones is 1. The Hall–Kier alpha value is -1.85. The molecule has 2 atom stereocenters. The number of Topliss-reactive ketones (excluding diaryl/α,β-unsaturated/α-hetero) is 1. The van der Waals surface area contributed by atoms with Crippen LogP contribution in [-0.2, 0) is 30.4 Å². The molecule has 5 nitrogen and oxygen atoms in total. The number of thioether (sulfide) groups is 1. The molecule has 0 N–H and O–H groups in total. The number of benzene rings is 1. The molecular formula is C23H28O5S. The molecule has 6 heteroatoms. The Balaban J connectivity index is 1.31. The van der Waals surface area contributed by atoms with E-state index in [-0.39, 0.29) is 18.2 Å². The Morgan fingerprint density at radius 1 is 1.21 bits per heavy atom. The summed E-state index contributed by atoms with van der Waals surface area (Å²) >= 11 is 1.57. The molecule has 29 heavy (non-hydrogen) atoms. The van der Waals surface area contributed by atoms with Gasteiger partial charge in [0.05, 0.1) is 6.10 Å². The fourth-order valence-electron chi connectivity index (χ4n) is 3.30. The SMILES string of the molecule is O=C=C(CCCCSC1=CC(OC2CCCCO2)CC1=O)OCc1ccccc1. The van der Waals surface area contributed by atoms with Crippen molar-refractivity contribution < 1.29 is 23.8 Å². The van der Waals surface area contributed by atoms with Crippen LogP contribution in [0.15, 0.2) is 47.1 Å². The molecule has 0 bridgehead atoms. The molecule has 0 aromatic heterocycles. The number of hydrogen-bond acceptors (Lipinski definition) is 6. The minimum absolute atomic E-state index is 0.149. The number of carbonyl (C=O) groups is 1. The Morgan fingerprint density at radius 3 is 2.83 bits per heavy atom. The van der Waals surface area contributed by atoms with Gasteiger partial charge in [-0.05, 0) is 49.5 Å². The number of unbranched alkanes of at least 4 members (excludes halogenated alkanes) is 1. The van der Waals surface area contributed by atoms with Crippen molar-refractivity contribution in [1.29, 1.82) is 0 Å². The quantitative estimate of drug-likeness (QED) is 0.299. The number of rotatable bonds is 11. The lowest BCUT2D eigenvalue weighted by atomic mass is 10.2. The zero-order chi connectivity index (χ0) is 20.3. The topological polar surface area (TPSA) is 61.8 Å². The van der Waals surface area contributed by atoms with Crippen molar-refractivity contribution in [3.05, 3.63) is 52.6 Å². The van der Waals surface area contributed by atoms with Gasteiger partial charge >= 0.3 is 0 Å². The van der Waals surface area contributed by atoms with E-state index >= 15 is 0 Å². The third-order valence-electron chi connectivity index (χ3n) is 4.89. The van der Waals surface area contributed by atoms with Gasteiger partial charge in [0.2, 0.25) is 0 Å². The highest BCUT2D eigenvalue weighted by molar-refractivity contribution is 8.04. The van der Waals surface area contributed by atoms with Crippen LogP contribution >= 0.6 is 11.8 Å². The molecule has 0 saturated carbocycles. The van der Waals surface area contributed by atoms with Crippen molar-refractivity contribution in [2.24, 2.45) is 0 Å². The second-order valence-electron chi connectivity index (χ2n) is 7.23. The molecule has 3 rings (SSSR count). The minimum atomic E-state index is -0.174. The summed E-state index contributed by atoms with van der Waals surface area (Å²) in [5.74, 6) is 3.23. The van der Waals surface area contributed by atoms with E-state index in [1.807, 2.05) is 42.3 Å². The third-order valence-corrected chi connectivity index (χ3v) is 6.06. The fraction of sp³-hybridized carbons (Fsp3) is 0.522. The maximum atomic E-state index is 12.2. The van der Waals surface area contributed by atoms with Crippen molar-refractivity contribution in [1.82, 2.24) is 0 Å². The predicted octanol–water partition coefficient (Wildman–Crippen LogP) is 4.59. The van der Waals surface area contributed by atoms with Gasteiger partial charge in [0.25, 0.3) is 0 Å². The van der Waals surface area contributed by atoms with Crippen LogP contribution in [0.3, 0.4) is 0 Å². The second-order valence-corrected chi connectivity index (χ2v) is 8.37. The number of ether oxygens (including phenoxy) is 3. The van der Waals surface area contributed by atoms with E-state index in [0.29, 0.717) is 25.2 Å². The molecule has 0 amide bonds. The van der Waals surface area contributed by atoms with Crippen molar-refractivity contribution in [2.45, 2.75) is 63.9 Å². The van der Waals surface area contributed by atoms with Gasteiger partial charge in [-0.3, -0.25) is 4.79 Å². The first-order chi connectivity index (χ1) is 14.2. The summed E-state index contributed by atoms with van der Waals surface area (Å²) in [6, 6.07) is 9.75. The summed E-state index contributed by atoms with van der Waals surface area (Å²) < 4.78 is 17.0. The van der Waals surface area contributed by atoms with Gasteiger partial charge in [0.15, 0.2) is 23.8 Å². The second kappa shape index (κ2) is 12.0. The zero-order valence-corrected chi connectivity index (χ0v) is 17.5. The summed E-state index contributed by atoms with van der Waals surface area (Å²) in [4.78, 5) is 24.0. The van der Waals surface area contributed by atoms with E-state index in [0.717, 1.165) is 54.9 Å². The van der Waals surface area contributed by atoms with E-state index in [4.69, 9.17) is 14.2 Å². The van der Waals surface area contributed by atoms with Crippen LogP contribution < -0.4 is 0 Å². The van der Waals surface area contributed by atoms with Gasteiger partial charge in [0, 0.05) is 24.4 Å². The molecule has 2 aliphatic rings. The van der Waals surface area contributed by atoms with Gasteiger partial charge < -0.3 is 14.2 Å². The average molecular weight is 417 g/mol. The zero-order valence-electron chi connectivity index (χ0n) is 16.6. The van der Waals surface area contributed by atoms with E-state index in [1.165, 1.54) is 0 Å². The van der Waals surface area contributed by atoms with Crippen molar-refractivity contribution in [2.75, 3.05) is 12.4 Å². The highest BCUT2D eigenvalue weighted by atomic mass is 32.2. The molecule has 156 valence electrons. The van der Waals surface area contributed by atoms with Crippen LogP contribution in [0.4, 0.5) is 0 Å². The Bertz CT molecular complexity index is 733. The van der Waals surface area contributed by atoms with Crippen LogP contribution in [0.1, 0.15) is 50.5 Å². The lowest BCUT2D eigenvalue weighted by Gasteiger charge is -2.24. The molecule has 1 aromatic rings. The largest absolute Gasteiger partial charge is 0.482 e. The summed E-state index contributed by atoms with van der Waals surface area (Å²) in [5, 5.41) is 0. The molecule has 1 saturated heterocycles. The highest BCUT2D eigenvalue weighted by Gasteiger charge is 2.28. The predicted molar refractivity (Wildman–Crippen MR) is 113 cm³/mol. The van der Waals surface area contributed by atoms with E-state index in [1.54, 1.807) is 11.8 Å².